The number of hydrogen-bond acceptors (Lipinski definition) is 6. The number of carbonyl (C=O) groups is 3. The van der Waals surface area contributed by atoms with Crippen molar-refractivity contribution in [1.29, 1.82) is 0 Å². The molecule has 0 fully saturated rings. The van der Waals surface area contributed by atoms with Gasteiger partial charge in [0, 0.05) is 30.6 Å². The van der Waals surface area contributed by atoms with E-state index in [1.165, 1.54) is 4.90 Å². The van der Waals surface area contributed by atoms with Gasteiger partial charge in [-0.25, -0.2) is 0 Å². The van der Waals surface area contributed by atoms with Gasteiger partial charge in [0.2, 0.25) is 11.7 Å². The Morgan fingerprint density at radius 2 is 1.80 bits per heavy atom. The second-order valence-corrected chi connectivity index (χ2v) is 8.88. The van der Waals surface area contributed by atoms with Crippen molar-refractivity contribution in [1.82, 2.24) is 10.2 Å². The Morgan fingerprint density at radius 1 is 1.09 bits per heavy atom. The number of para-hydroxylation sites is 1. The highest BCUT2D eigenvalue weighted by molar-refractivity contribution is 6.36. The van der Waals surface area contributed by atoms with Crippen LogP contribution in [0.5, 0.6) is 5.75 Å². The number of ketones is 1. The van der Waals surface area contributed by atoms with Crippen molar-refractivity contribution < 1.29 is 29.3 Å². The summed E-state index contributed by atoms with van der Waals surface area (Å²) in [5.41, 5.74) is 2.94. The van der Waals surface area contributed by atoms with E-state index < -0.39 is 41.8 Å². The van der Waals surface area contributed by atoms with E-state index in [-0.39, 0.29) is 26.1 Å². The zero-order valence-corrected chi connectivity index (χ0v) is 19.8. The van der Waals surface area contributed by atoms with E-state index in [4.69, 9.17) is 4.74 Å². The van der Waals surface area contributed by atoms with Crippen LogP contribution in [0.25, 0.3) is 0 Å². The molecule has 1 aliphatic heterocycles. The minimum absolute atomic E-state index is 0.0214. The number of hydrogen-bond donors (Lipinski definition) is 3. The van der Waals surface area contributed by atoms with Crippen LogP contribution in [-0.2, 0) is 20.9 Å². The molecule has 2 aliphatic rings. The van der Waals surface area contributed by atoms with Crippen LogP contribution in [-0.4, -0.2) is 64.1 Å². The third-order valence-corrected chi connectivity index (χ3v) is 6.53. The molecular formula is C27H30N2O6. The normalized spacial score (nSPS) is 22.3. The second-order valence-electron chi connectivity index (χ2n) is 8.88. The minimum atomic E-state index is -1.18. The maximum Gasteiger partial charge on any atom is 0.290 e. The summed E-state index contributed by atoms with van der Waals surface area (Å²) in [6.07, 6.45) is -0.407. The van der Waals surface area contributed by atoms with Crippen LogP contribution in [0.1, 0.15) is 36.0 Å². The van der Waals surface area contributed by atoms with Crippen LogP contribution < -0.4 is 10.1 Å². The molecule has 35 heavy (non-hydrogen) atoms. The molecule has 2 aromatic rings. The van der Waals surface area contributed by atoms with Crippen LogP contribution in [0.15, 0.2) is 60.2 Å². The molecule has 184 valence electrons. The Balaban J connectivity index is 1.77. The molecule has 0 unspecified atom stereocenters. The van der Waals surface area contributed by atoms with Crippen LogP contribution in [0, 0.1) is 6.92 Å². The minimum Gasteiger partial charge on any atom is -0.486 e. The number of nitrogens with one attached hydrogen (secondary N) is 1. The van der Waals surface area contributed by atoms with Crippen molar-refractivity contribution in [3.63, 3.8) is 0 Å². The fourth-order valence-corrected chi connectivity index (χ4v) is 4.71. The topological polar surface area (TPSA) is 116 Å². The van der Waals surface area contributed by atoms with Crippen LogP contribution in [0.3, 0.4) is 0 Å². The Labute approximate surface area is 204 Å². The number of aliphatic hydroxyl groups is 2. The summed E-state index contributed by atoms with van der Waals surface area (Å²) in [5, 5.41) is 23.3. The monoisotopic (exact) mass is 478 g/mol. The van der Waals surface area contributed by atoms with Gasteiger partial charge in [-0.15, -0.1) is 0 Å². The molecule has 0 bridgehead atoms. The smallest absolute Gasteiger partial charge is 0.290 e. The first kappa shape index (κ1) is 24.6. The maximum atomic E-state index is 13.2. The predicted molar refractivity (Wildman–Crippen MR) is 129 cm³/mol. The molecule has 1 heterocycles. The van der Waals surface area contributed by atoms with E-state index in [1.54, 1.807) is 19.1 Å². The number of carbonyl (C=O) groups excluding carboxylic acids is 3. The number of aliphatic hydroxyl groups excluding tert-OH is 2. The largest absolute Gasteiger partial charge is 0.486 e. The Morgan fingerprint density at radius 3 is 2.49 bits per heavy atom. The number of nitrogens with zero attached hydrogens (tertiary/aromatic N) is 1. The van der Waals surface area contributed by atoms with Gasteiger partial charge in [-0.3, -0.25) is 14.4 Å². The van der Waals surface area contributed by atoms with E-state index in [2.05, 4.69) is 5.32 Å². The highest BCUT2D eigenvalue weighted by atomic mass is 16.5. The summed E-state index contributed by atoms with van der Waals surface area (Å²) in [4.78, 5) is 40.2. The van der Waals surface area contributed by atoms with Gasteiger partial charge >= 0.3 is 0 Å². The maximum absolute atomic E-state index is 13.2. The summed E-state index contributed by atoms with van der Waals surface area (Å²) in [6, 6.07) is 13.8. The quantitative estimate of drug-likeness (QED) is 0.497. The molecule has 0 spiro atoms. The molecule has 3 N–H and O–H groups in total. The third-order valence-electron chi connectivity index (χ3n) is 6.53. The molecule has 4 atom stereocenters. The molecule has 0 saturated heterocycles. The molecule has 8 heteroatoms. The molecular weight excluding hydrogens is 448 g/mol. The highest BCUT2D eigenvalue weighted by Crippen LogP contribution is 2.47. The number of amides is 2. The van der Waals surface area contributed by atoms with Gasteiger partial charge in [0.25, 0.3) is 5.91 Å². The molecule has 2 amide bonds. The number of rotatable bonds is 8. The summed E-state index contributed by atoms with van der Waals surface area (Å²) in [6.45, 7) is 3.48. The van der Waals surface area contributed by atoms with E-state index in [0.29, 0.717) is 11.3 Å². The number of Topliss-reactive ketones (excluding diaryl/α,β-unsaturated/α-hetero) is 1. The third kappa shape index (κ3) is 4.85. The average Bonchev–Trinajstić information content (AvgIpc) is 3.27. The Hall–Kier alpha value is -3.49. The van der Waals surface area contributed by atoms with E-state index >= 15 is 0 Å². The fraction of sp³-hybridized carbons (Fsp3) is 0.370. The summed E-state index contributed by atoms with van der Waals surface area (Å²) < 4.78 is 6.08. The number of aryl methyl sites for hydroxylation is 1. The van der Waals surface area contributed by atoms with Crippen molar-refractivity contribution in [2.75, 3.05) is 13.2 Å². The number of ether oxygens (including phenoxy) is 1. The van der Waals surface area contributed by atoms with Gasteiger partial charge in [-0.05, 0) is 24.6 Å². The van der Waals surface area contributed by atoms with E-state index in [0.717, 1.165) is 16.7 Å². The van der Waals surface area contributed by atoms with Crippen LogP contribution >= 0.6 is 0 Å². The van der Waals surface area contributed by atoms with Gasteiger partial charge in [0.1, 0.15) is 18.0 Å². The molecule has 1 aliphatic carbocycles. The lowest BCUT2D eigenvalue weighted by Crippen LogP contribution is -2.56. The lowest BCUT2D eigenvalue weighted by molar-refractivity contribution is -0.148. The Kier molecular flexibility index (Phi) is 7.33. The van der Waals surface area contributed by atoms with Crippen molar-refractivity contribution in [2.45, 2.75) is 51.0 Å². The van der Waals surface area contributed by atoms with Crippen molar-refractivity contribution >= 4 is 17.6 Å². The second kappa shape index (κ2) is 10.4. The molecule has 0 saturated carbocycles. The van der Waals surface area contributed by atoms with Crippen LogP contribution in [0.2, 0.25) is 0 Å². The van der Waals surface area contributed by atoms with Gasteiger partial charge in [-0.2, -0.15) is 0 Å². The first-order chi connectivity index (χ1) is 16.8. The first-order valence-electron chi connectivity index (χ1n) is 11.8. The SMILES string of the molecule is CCC(=O)C(=O)N(Cc1ccc(C)cc1)[C@@H]1C=C(C(=O)NCCO)[C@@H]2c3ccccc3O[C@@H]2[C@H]1O. The lowest BCUT2D eigenvalue weighted by Gasteiger charge is -2.40. The molecule has 8 nitrogen and oxygen atoms in total. The Bertz CT molecular complexity index is 1140. The standard InChI is InChI=1S/C27H30N2O6/c1-3-21(31)27(34)29(15-17-10-8-16(2)9-11-17)20-14-19(26(33)28-12-13-30)23-18-6-4-5-7-22(18)35-25(23)24(20)32/h4-11,14,20,23-25,30,32H,3,12-13,15H2,1-2H3,(H,28,33)/t20-,23+,24+,25+/m1/s1. The highest BCUT2D eigenvalue weighted by Gasteiger charge is 2.50. The van der Waals surface area contributed by atoms with E-state index in [1.807, 2.05) is 49.4 Å². The summed E-state index contributed by atoms with van der Waals surface area (Å²) in [5.74, 6) is -1.71. The van der Waals surface area contributed by atoms with Crippen molar-refractivity contribution in [3.8, 4) is 5.75 Å². The zero-order chi connectivity index (χ0) is 25.1. The van der Waals surface area contributed by atoms with Crippen molar-refractivity contribution in [2.24, 2.45) is 0 Å². The van der Waals surface area contributed by atoms with E-state index in [9.17, 15) is 24.6 Å². The predicted octanol–water partition coefficient (Wildman–Crippen LogP) is 1.63. The lowest BCUT2D eigenvalue weighted by atomic mass is 9.77. The van der Waals surface area contributed by atoms with Crippen molar-refractivity contribution in [3.05, 3.63) is 76.9 Å². The van der Waals surface area contributed by atoms with Gasteiger partial charge in [-0.1, -0.05) is 55.0 Å². The first-order valence-corrected chi connectivity index (χ1v) is 11.8. The fourth-order valence-electron chi connectivity index (χ4n) is 4.71. The van der Waals surface area contributed by atoms with Gasteiger partial charge in [0.05, 0.1) is 18.6 Å². The van der Waals surface area contributed by atoms with Crippen LogP contribution in [0.4, 0.5) is 0 Å². The summed E-state index contributed by atoms with van der Waals surface area (Å²) in [7, 11) is 0. The molecule has 2 aromatic carbocycles. The number of fused-ring (bicyclic) bond motifs is 3. The molecule has 4 rings (SSSR count). The summed E-state index contributed by atoms with van der Waals surface area (Å²) >= 11 is 0. The van der Waals surface area contributed by atoms with Gasteiger partial charge in [0.15, 0.2) is 0 Å². The number of benzene rings is 2. The zero-order valence-electron chi connectivity index (χ0n) is 19.8. The molecule has 0 aromatic heterocycles. The van der Waals surface area contributed by atoms with Gasteiger partial charge < -0.3 is 25.2 Å². The average molecular weight is 479 g/mol. The molecule has 0 radical (unpaired) electrons.